The fourth-order valence-corrected chi connectivity index (χ4v) is 0.832. The quantitative estimate of drug-likeness (QED) is 0.410. The van der Waals surface area contributed by atoms with E-state index in [9.17, 15) is 0 Å². The summed E-state index contributed by atoms with van der Waals surface area (Å²) in [6, 6.07) is 0. The Labute approximate surface area is 81.9 Å². The van der Waals surface area contributed by atoms with Gasteiger partial charge in [-0.3, -0.25) is 0 Å². The first-order chi connectivity index (χ1) is 6.35. The fourth-order valence-electron chi connectivity index (χ4n) is 0.832. The summed E-state index contributed by atoms with van der Waals surface area (Å²) in [5, 5.41) is 0. The second-order valence-corrected chi connectivity index (χ2v) is 2.97. The van der Waals surface area contributed by atoms with Gasteiger partial charge in [0.05, 0.1) is 0 Å². The molecule has 0 aliphatic heterocycles. The van der Waals surface area contributed by atoms with Crippen LogP contribution in [0.15, 0.2) is 0 Å². The molecule has 4 heteroatoms. The molecule has 3 nitrogen and oxygen atoms in total. The molecule has 0 aromatic carbocycles. The van der Waals surface area contributed by atoms with Gasteiger partial charge in [0, 0.05) is 20.3 Å². The zero-order valence-corrected chi connectivity index (χ0v) is 9.04. The highest BCUT2D eigenvalue weighted by molar-refractivity contribution is 6.36. The highest BCUT2D eigenvalue weighted by Gasteiger charge is 2.17. The molecule has 0 bridgehead atoms. The van der Waals surface area contributed by atoms with Crippen molar-refractivity contribution in [2.75, 3.05) is 20.3 Å². The first-order valence-electron chi connectivity index (χ1n) is 5.11. The molecule has 0 radical (unpaired) electrons. The molecule has 0 aliphatic rings. The molecule has 78 valence electrons. The van der Waals surface area contributed by atoms with Crippen molar-refractivity contribution < 1.29 is 14.0 Å². The third kappa shape index (κ3) is 8.28. The van der Waals surface area contributed by atoms with Crippen molar-refractivity contribution in [3.8, 4) is 0 Å². The van der Waals surface area contributed by atoms with E-state index >= 15 is 0 Å². The van der Waals surface area contributed by atoms with Crippen LogP contribution in [0.4, 0.5) is 0 Å². The molecule has 0 saturated heterocycles. The molecule has 0 atom stereocenters. The normalized spacial score (nSPS) is 10.4. The maximum Gasteiger partial charge on any atom is 0.639 e. The zero-order valence-electron chi connectivity index (χ0n) is 9.04. The smallest absolute Gasteiger partial charge is 0.389 e. The molecule has 0 rings (SSSR count). The van der Waals surface area contributed by atoms with Crippen LogP contribution in [0.2, 0.25) is 0 Å². The van der Waals surface area contributed by atoms with Gasteiger partial charge >= 0.3 is 7.32 Å². The molecule has 0 amide bonds. The minimum Gasteiger partial charge on any atom is -0.389 e. The first-order valence-corrected chi connectivity index (χ1v) is 5.11. The average Bonchev–Trinajstić information content (AvgIpc) is 2.16. The Morgan fingerprint density at radius 3 is 1.69 bits per heavy atom. The van der Waals surface area contributed by atoms with Crippen LogP contribution in [-0.2, 0) is 14.0 Å². The molecular weight excluding hydrogens is 167 g/mol. The van der Waals surface area contributed by atoms with Crippen LogP contribution in [0.25, 0.3) is 0 Å². The van der Waals surface area contributed by atoms with Crippen LogP contribution in [0.3, 0.4) is 0 Å². The number of hydrogen-bond donors (Lipinski definition) is 0. The molecule has 13 heavy (non-hydrogen) atoms. The van der Waals surface area contributed by atoms with Crippen molar-refractivity contribution in [3.63, 3.8) is 0 Å². The van der Waals surface area contributed by atoms with E-state index in [4.69, 9.17) is 14.0 Å². The molecule has 0 unspecified atom stereocenters. The van der Waals surface area contributed by atoms with Crippen molar-refractivity contribution in [2.24, 2.45) is 0 Å². The van der Waals surface area contributed by atoms with Gasteiger partial charge in [-0.2, -0.15) is 0 Å². The van der Waals surface area contributed by atoms with Gasteiger partial charge in [-0.25, -0.2) is 0 Å². The van der Waals surface area contributed by atoms with E-state index in [0.717, 1.165) is 25.7 Å². The van der Waals surface area contributed by atoms with E-state index in [1.165, 1.54) is 0 Å². The third-order valence-electron chi connectivity index (χ3n) is 1.70. The summed E-state index contributed by atoms with van der Waals surface area (Å²) < 4.78 is 15.7. The number of hydrogen-bond acceptors (Lipinski definition) is 3. The van der Waals surface area contributed by atoms with E-state index in [2.05, 4.69) is 13.8 Å². The molecular formula is C9H21BO3. The van der Waals surface area contributed by atoms with Gasteiger partial charge < -0.3 is 14.0 Å². The second kappa shape index (κ2) is 10.0. The lowest BCUT2D eigenvalue weighted by Gasteiger charge is -2.11. The summed E-state index contributed by atoms with van der Waals surface area (Å²) in [4.78, 5) is 0. The Morgan fingerprint density at radius 2 is 1.38 bits per heavy atom. The van der Waals surface area contributed by atoms with Crippen LogP contribution < -0.4 is 0 Å². The van der Waals surface area contributed by atoms with Crippen LogP contribution in [0, 0.1) is 0 Å². The molecule has 0 aromatic heterocycles. The van der Waals surface area contributed by atoms with Crippen LogP contribution in [0.1, 0.15) is 39.5 Å². The van der Waals surface area contributed by atoms with Crippen LogP contribution in [-0.4, -0.2) is 27.6 Å². The highest BCUT2D eigenvalue weighted by atomic mass is 16.7. The predicted molar refractivity (Wildman–Crippen MR) is 54.5 cm³/mol. The van der Waals surface area contributed by atoms with Crippen molar-refractivity contribution in [1.29, 1.82) is 0 Å². The zero-order chi connectivity index (χ0) is 9.94. The Morgan fingerprint density at radius 1 is 0.923 bits per heavy atom. The van der Waals surface area contributed by atoms with Gasteiger partial charge in [-0.1, -0.05) is 26.7 Å². The van der Waals surface area contributed by atoms with Gasteiger partial charge in [0.15, 0.2) is 0 Å². The van der Waals surface area contributed by atoms with Crippen molar-refractivity contribution in [3.05, 3.63) is 0 Å². The highest BCUT2D eigenvalue weighted by Crippen LogP contribution is 1.97. The topological polar surface area (TPSA) is 27.7 Å². The van der Waals surface area contributed by atoms with Crippen molar-refractivity contribution in [2.45, 2.75) is 39.5 Å². The van der Waals surface area contributed by atoms with E-state index in [1.54, 1.807) is 7.11 Å². The molecule has 0 heterocycles. The fraction of sp³-hybridized carbons (Fsp3) is 1.00. The van der Waals surface area contributed by atoms with Crippen molar-refractivity contribution in [1.82, 2.24) is 0 Å². The number of rotatable bonds is 9. The van der Waals surface area contributed by atoms with Gasteiger partial charge in [-0.05, 0) is 12.8 Å². The summed E-state index contributed by atoms with van der Waals surface area (Å²) in [5.41, 5.74) is 0. The van der Waals surface area contributed by atoms with E-state index in [-0.39, 0.29) is 0 Å². The molecule has 0 aromatic rings. The Balaban J connectivity index is 3.28. The maximum atomic E-state index is 5.33. The second-order valence-electron chi connectivity index (χ2n) is 2.97. The summed E-state index contributed by atoms with van der Waals surface area (Å²) in [6.45, 7) is 5.68. The standard InChI is InChI=1S/C9H21BO3/c1-4-6-8-12-10(11-3)13-9-7-5-2/h4-9H2,1-3H3. The monoisotopic (exact) mass is 188 g/mol. The summed E-state index contributed by atoms with van der Waals surface area (Å²) in [5.74, 6) is 0. The SMILES string of the molecule is CCCCOB(OC)OCCCC. The first kappa shape index (κ1) is 12.9. The summed E-state index contributed by atoms with van der Waals surface area (Å²) >= 11 is 0. The lowest BCUT2D eigenvalue weighted by molar-refractivity contribution is 0.110. The summed E-state index contributed by atoms with van der Waals surface area (Å²) in [7, 11) is 1.13. The van der Waals surface area contributed by atoms with E-state index < -0.39 is 7.32 Å². The third-order valence-corrected chi connectivity index (χ3v) is 1.70. The molecule has 0 N–H and O–H groups in total. The van der Waals surface area contributed by atoms with Gasteiger partial charge in [0.1, 0.15) is 0 Å². The maximum absolute atomic E-state index is 5.33. The molecule has 0 aliphatic carbocycles. The average molecular weight is 188 g/mol. The van der Waals surface area contributed by atoms with Gasteiger partial charge in [0.25, 0.3) is 0 Å². The largest absolute Gasteiger partial charge is 0.639 e. The Bertz CT molecular complexity index is 90.9. The predicted octanol–water partition coefficient (Wildman–Crippen LogP) is 2.25. The number of unbranched alkanes of at least 4 members (excludes halogenated alkanes) is 2. The lowest BCUT2D eigenvalue weighted by atomic mass is 10.2. The van der Waals surface area contributed by atoms with Gasteiger partial charge in [-0.15, -0.1) is 0 Å². The summed E-state index contributed by atoms with van der Waals surface area (Å²) in [6.07, 6.45) is 4.37. The molecule has 0 spiro atoms. The van der Waals surface area contributed by atoms with Crippen LogP contribution in [0.5, 0.6) is 0 Å². The van der Waals surface area contributed by atoms with Crippen LogP contribution >= 0.6 is 0 Å². The van der Waals surface area contributed by atoms with E-state index in [0.29, 0.717) is 13.2 Å². The lowest BCUT2D eigenvalue weighted by Crippen LogP contribution is -2.26. The minimum atomic E-state index is -0.474. The molecule has 0 fully saturated rings. The van der Waals surface area contributed by atoms with Crippen molar-refractivity contribution >= 4 is 7.32 Å². The minimum absolute atomic E-state index is 0.474. The Hall–Kier alpha value is -0.0551. The Kier molecular flexibility index (Phi) is 9.99. The van der Waals surface area contributed by atoms with E-state index in [1.807, 2.05) is 0 Å². The molecule has 0 saturated carbocycles. The van der Waals surface area contributed by atoms with Gasteiger partial charge in [0.2, 0.25) is 0 Å².